The lowest BCUT2D eigenvalue weighted by Gasteiger charge is -2.27. The zero-order valence-electron chi connectivity index (χ0n) is 18.0. The van der Waals surface area contributed by atoms with Crippen molar-refractivity contribution < 1.29 is 0 Å². The molecule has 5 heterocycles. The standard InChI is InChI=1S/C22H23ClN8S2/c1-12-10-32-20(29-12)22(11-24)13-3-6-30(9-14(13)22)21-28-8-16(19-27-5-7-31(19)21)33-15-2-4-26-18(25)17(15)23/h2,4-5,7-8,10,13-14H,3,6,9,11,24H2,1H3,(H2,25,26). The number of piperidine rings is 1. The smallest absolute Gasteiger partial charge is 0.211 e. The molecule has 0 aromatic carbocycles. The van der Waals surface area contributed by atoms with Gasteiger partial charge in [-0.3, -0.25) is 4.40 Å². The zero-order valence-corrected chi connectivity index (χ0v) is 20.4. The fourth-order valence-corrected chi connectivity index (χ4v) is 7.53. The van der Waals surface area contributed by atoms with E-state index in [2.05, 4.69) is 31.6 Å². The third-order valence-corrected chi connectivity index (χ3v) is 9.67. The van der Waals surface area contributed by atoms with E-state index in [0.717, 1.165) is 46.6 Å². The van der Waals surface area contributed by atoms with Crippen molar-refractivity contribution in [2.24, 2.45) is 17.6 Å². The van der Waals surface area contributed by atoms with Gasteiger partial charge in [-0.15, -0.1) is 11.3 Å². The lowest BCUT2D eigenvalue weighted by molar-refractivity contribution is 0.539. The fraction of sp³-hybridized carbons (Fsp3) is 0.364. The first kappa shape index (κ1) is 21.2. The van der Waals surface area contributed by atoms with Gasteiger partial charge in [-0.05, 0) is 31.2 Å². The maximum atomic E-state index is 6.36. The van der Waals surface area contributed by atoms with Crippen LogP contribution in [0.4, 0.5) is 11.8 Å². The number of nitrogens with two attached hydrogens (primary N) is 2. The summed E-state index contributed by atoms with van der Waals surface area (Å²) in [5.41, 5.74) is 14.1. The Kier molecular flexibility index (Phi) is 5.02. The highest BCUT2D eigenvalue weighted by Gasteiger charge is 2.67. The highest BCUT2D eigenvalue weighted by molar-refractivity contribution is 7.99. The van der Waals surface area contributed by atoms with Gasteiger partial charge in [-0.2, -0.15) is 0 Å². The van der Waals surface area contributed by atoms with Crippen LogP contribution in [0.1, 0.15) is 17.1 Å². The van der Waals surface area contributed by atoms with Gasteiger partial charge in [0.15, 0.2) is 5.65 Å². The molecular weight excluding hydrogens is 476 g/mol. The number of anilines is 2. The molecule has 1 saturated carbocycles. The van der Waals surface area contributed by atoms with Gasteiger partial charge in [0, 0.05) is 65.8 Å². The largest absolute Gasteiger partial charge is 0.382 e. The number of nitrogens with zero attached hydrogens (tertiary/aromatic N) is 6. The normalized spacial score (nSPS) is 24.3. The minimum atomic E-state index is 0.00947. The van der Waals surface area contributed by atoms with Crippen molar-refractivity contribution in [1.82, 2.24) is 24.3 Å². The minimum absolute atomic E-state index is 0.00947. The van der Waals surface area contributed by atoms with Crippen molar-refractivity contribution >= 4 is 52.1 Å². The van der Waals surface area contributed by atoms with Crippen molar-refractivity contribution in [1.29, 1.82) is 0 Å². The molecule has 6 rings (SSSR count). The predicted molar refractivity (Wildman–Crippen MR) is 132 cm³/mol. The van der Waals surface area contributed by atoms with Crippen molar-refractivity contribution in [3.8, 4) is 0 Å². The molecule has 2 aliphatic rings. The van der Waals surface area contributed by atoms with Crippen LogP contribution >= 0.6 is 34.7 Å². The number of aromatic nitrogens is 5. The molecule has 0 radical (unpaired) electrons. The third-order valence-electron chi connectivity index (χ3n) is 6.94. The molecular formula is C22H23ClN8S2. The molecule has 2 fully saturated rings. The van der Waals surface area contributed by atoms with Crippen molar-refractivity contribution in [3.63, 3.8) is 0 Å². The Balaban J connectivity index is 1.30. The van der Waals surface area contributed by atoms with Crippen LogP contribution in [0.2, 0.25) is 5.02 Å². The maximum Gasteiger partial charge on any atom is 0.211 e. The van der Waals surface area contributed by atoms with Gasteiger partial charge >= 0.3 is 0 Å². The number of pyridine rings is 1. The summed E-state index contributed by atoms with van der Waals surface area (Å²) >= 11 is 9.59. The van der Waals surface area contributed by atoms with Crippen molar-refractivity contribution in [2.45, 2.75) is 28.6 Å². The second kappa shape index (κ2) is 7.83. The molecule has 3 atom stereocenters. The van der Waals surface area contributed by atoms with Crippen LogP contribution in [-0.2, 0) is 5.41 Å². The fourth-order valence-electron chi connectivity index (χ4n) is 5.26. The summed E-state index contributed by atoms with van der Waals surface area (Å²) in [6.07, 6.45) is 8.38. The van der Waals surface area contributed by atoms with Crippen molar-refractivity contribution in [3.05, 3.63) is 52.0 Å². The summed E-state index contributed by atoms with van der Waals surface area (Å²) in [5, 5.41) is 3.77. The Labute approximate surface area is 204 Å². The van der Waals surface area contributed by atoms with Gasteiger partial charge in [-0.25, -0.2) is 19.9 Å². The molecule has 4 aromatic rings. The van der Waals surface area contributed by atoms with E-state index in [9.17, 15) is 0 Å². The van der Waals surface area contributed by atoms with Gasteiger partial charge in [0.05, 0.1) is 9.92 Å². The zero-order chi connectivity index (χ0) is 22.7. The Morgan fingerprint density at radius 1 is 1.24 bits per heavy atom. The predicted octanol–water partition coefficient (Wildman–Crippen LogP) is 3.63. The van der Waals surface area contributed by atoms with E-state index in [4.69, 9.17) is 33.0 Å². The van der Waals surface area contributed by atoms with E-state index < -0.39 is 0 Å². The molecule has 1 aliphatic heterocycles. The molecule has 11 heteroatoms. The summed E-state index contributed by atoms with van der Waals surface area (Å²) in [6.45, 7) is 4.55. The van der Waals surface area contributed by atoms with Crippen LogP contribution in [0.5, 0.6) is 0 Å². The van der Waals surface area contributed by atoms with Crippen LogP contribution in [-0.4, -0.2) is 44.0 Å². The topological polar surface area (TPSA) is 111 Å². The second-order valence-electron chi connectivity index (χ2n) is 8.64. The number of fused-ring (bicyclic) bond motifs is 2. The van der Waals surface area contributed by atoms with Crippen LogP contribution in [0.3, 0.4) is 0 Å². The SMILES string of the molecule is Cc1csc(C2(CN)C3CCN(c4ncc(Sc5ccnc(N)c5Cl)c5nccn45)CC32)n1. The molecule has 4 N–H and O–H groups in total. The van der Waals surface area contributed by atoms with E-state index in [0.29, 0.717) is 29.2 Å². The van der Waals surface area contributed by atoms with Gasteiger partial charge in [-0.1, -0.05) is 23.4 Å². The lowest BCUT2D eigenvalue weighted by atomic mass is 10.0. The van der Waals surface area contributed by atoms with E-state index in [1.165, 1.54) is 16.8 Å². The first-order valence-electron chi connectivity index (χ1n) is 10.8. The molecule has 4 aromatic heterocycles. The number of hydrogen-bond donors (Lipinski definition) is 2. The maximum absolute atomic E-state index is 6.36. The number of thiazole rings is 1. The van der Waals surface area contributed by atoms with Crippen LogP contribution < -0.4 is 16.4 Å². The molecule has 8 nitrogen and oxygen atoms in total. The lowest BCUT2D eigenvalue weighted by Crippen LogP contribution is -2.34. The minimum Gasteiger partial charge on any atom is -0.382 e. The molecule has 0 bridgehead atoms. The molecule has 1 saturated heterocycles. The van der Waals surface area contributed by atoms with E-state index in [1.54, 1.807) is 23.7 Å². The van der Waals surface area contributed by atoms with Crippen molar-refractivity contribution in [2.75, 3.05) is 30.3 Å². The number of imidazole rings is 1. The first-order chi connectivity index (χ1) is 16.0. The highest BCUT2D eigenvalue weighted by Crippen LogP contribution is 2.63. The van der Waals surface area contributed by atoms with Gasteiger partial charge < -0.3 is 16.4 Å². The molecule has 3 unspecified atom stereocenters. The van der Waals surface area contributed by atoms with Gasteiger partial charge in [0.1, 0.15) is 10.8 Å². The van der Waals surface area contributed by atoms with Crippen LogP contribution in [0, 0.1) is 18.8 Å². The van der Waals surface area contributed by atoms with E-state index in [-0.39, 0.29) is 5.41 Å². The molecule has 1 aliphatic carbocycles. The molecule has 170 valence electrons. The van der Waals surface area contributed by atoms with Crippen LogP contribution in [0.15, 0.2) is 46.0 Å². The average molecular weight is 499 g/mol. The first-order valence-corrected chi connectivity index (χ1v) is 12.9. The number of halogens is 1. The molecule has 0 amide bonds. The number of aryl methyl sites for hydroxylation is 1. The number of nitrogen functional groups attached to an aromatic ring is 1. The Hall–Kier alpha value is -2.40. The van der Waals surface area contributed by atoms with Crippen LogP contribution in [0.25, 0.3) is 5.65 Å². The average Bonchev–Trinajstić information content (AvgIpc) is 3.13. The van der Waals surface area contributed by atoms with Gasteiger partial charge in [0.25, 0.3) is 0 Å². The summed E-state index contributed by atoms with van der Waals surface area (Å²) in [4.78, 5) is 22.4. The Morgan fingerprint density at radius 2 is 2.12 bits per heavy atom. The Morgan fingerprint density at radius 3 is 2.91 bits per heavy atom. The monoisotopic (exact) mass is 498 g/mol. The summed E-state index contributed by atoms with van der Waals surface area (Å²) in [6, 6.07) is 1.85. The number of rotatable bonds is 5. The van der Waals surface area contributed by atoms with E-state index >= 15 is 0 Å². The highest BCUT2D eigenvalue weighted by atomic mass is 35.5. The summed E-state index contributed by atoms with van der Waals surface area (Å²) in [7, 11) is 0. The summed E-state index contributed by atoms with van der Waals surface area (Å²) < 4.78 is 2.06. The molecule has 33 heavy (non-hydrogen) atoms. The third kappa shape index (κ3) is 3.23. The molecule has 0 spiro atoms. The summed E-state index contributed by atoms with van der Waals surface area (Å²) in [5.74, 6) is 2.31. The quantitative estimate of drug-likeness (QED) is 0.429. The van der Waals surface area contributed by atoms with E-state index in [1.807, 2.05) is 18.5 Å². The Bertz CT molecular complexity index is 1350. The second-order valence-corrected chi connectivity index (χ2v) is 11.0. The van der Waals surface area contributed by atoms with Gasteiger partial charge in [0.2, 0.25) is 5.95 Å². The number of hydrogen-bond acceptors (Lipinski definition) is 9.